The van der Waals surface area contributed by atoms with Crippen molar-refractivity contribution in [1.82, 2.24) is 10.3 Å². The van der Waals surface area contributed by atoms with Gasteiger partial charge in [-0.15, -0.1) is 0 Å². The van der Waals surface area contributed by atoms with Gasteiger partial charge in [-0.05, 0) is 41.5 Å². The molecule has 0 fully saturated rings. The van der Waals surface area contributed by atoms with Crippen molar-refractivity contribution in [2.75, 3.05) is 32.7 Å². The average Bonchev–Trinajstić information content (AvgIpc) is 2.82. The number of ether oxygens (including phenoxy) is 3. The third kappa shape index (κ3) is 7.19. The van der Waals surface area contributed by atoms with Crippen LogP contribution in [-0.2, 0) is 17.7 Å². The number of aromatic nitrogens is 1. The van der Waals surface area contributed by atoms with Crippen LogP contribution in [0.2, 0.25) is 0 Å². The zero-order valence-corrected chi connectivity index (χ0v) is 18.7. The monoisotopic (exact) mass is 435 g/mol. The number of carbonyl (C=O) groups excluding carboxylic acids is 1. The zero-order valence-electron chi connectivity index (χ0n) is 18.7. The zero-order chi connectivity index (χ0) is 22.8. The topological polar surface area (TPSA) is 72.9 Å². The molecule has 3 aromatic rings. The Morgan fingerprint density at radius 2 is 1.72 bits per heavy atom. The SMILES string of the molecule is COc1ccc(CC(COc2ccccn2)OC(=O)NCc2ccc(N(C)C)cc2)cc1. The molecule has 0 radical (unpaired) electrons. The molecule has 1 amide bonds. The lowest BCUT2D eigenvalue weighted by Gasteiger charge is -2.19. The van der Waals surface area contributed by atoms with Gasteiger partial charge in [0.05, 0.1) is 7.11 Å². The van der Waals surface area contributed by atoms with E-state index in [1.807, 2.05) is 79.7 Å². The first-order valence-electron chi connectivity index (χ1n) is 10.4. The van der Waals surface area contributed by atoms with E-state index in [0.29, 0.717) is 18.8 Å². The molecule has 0 saturated carbocycles. The lowest BCUT2D eigenvalue weighted by Crippen LogP contribution is -2.33. The van der Waals surface area contributed by atoms with Gasteiger partial charge in [0.2, 0.25) is 5.88 Å². The Balaban J connectivity index is 1.58. The molecule has 32 heavy (non-hydrogen) atoms. The second-order valence-electron chi connectivity index (χ2n) is 7.47. The van der Waals surface area contributed by atoms with Crippen LogP contribution in [0.1, 0.15) is 11.1 Å². The van der Waals surface area contributed by atoms with E-state index in [0.717, 1.165) is 22.6 Å². The summed E-state index contributed by atoms with van der Waals surface area (Å²) in [5.74, 6) is 1.26. The Labute approximate surface area is 188 Å². The Morgan fingerprint density at radius 3 is 2.34 bits per heavy atom. The highest BCUT2D eigenvalue weighted by Gasteiger charge is 2.17. The fraction of sp³-hybridized carbons (Fsp3) is 0.280. The van der Waals surface area contributed by atoms with E-state index in [2.05, 4.69) is 10.3 Å². The summed E-state index contributed by atoms with van der Waals surface area (Å²) in [4.78, 5) is 18.7. The molecule has 0 aliphatic rings. The van der Waals surface area contributed by atoms with E-state index in [4.69, 9.17) is 14.2 Å². The van der Waals surface area contributed by atoms with E-state index in [1.54, 1.807) is 19.4 Å². The van der Waals surface area contributed by atoms with Crippen LogP contribution in [0.25, 0.3) is 0 Å². The van der Waals surface area contributed by atoms with Crippen molar-refractivity contribution in [3.8, 4) is 11.6 Å². The van der Waals surface area contributed by atoms with Crippen LogP contribution in [0.4, 0.5) is 10.5 Å². The molecule has 2 aromatic carbocycles. The second kappa shape index (κ2) is 11.6. The molecule has 1 heterocycles. The highest BCUT2D eigenvalue weighted by molar-refractivity contribution is 5.67. The molecular formula is C25H29N3O4. The van der Waals surface area contributed by atoms with Gasteiger partial charge < -0.3 is 24.4 Å². The first kappa shape index (κ1) is 22.9. The maximum Gasteiger partial charge on any atom is 0.407 e. The highest BCUT2D eigenvalue weighted by atomic mass is 16.6. The van der Waals surface area contributed by atoms with Crippen molar-refractivity contribution in [3.63, 3.8) is 0 Å². The third-order valence-corrected chi connectivity index (χ3v) is 4.84. The number of rotatable bonds is 10. The molecule has 7 heteroatoms. The molecule has 1 atom stereocenters. The fourth-order valence-corrected chi connectivity index (χ4v) is 3.05. The van der Waals surface area contributed by atoms with Gasteiger partial charge in [-0.3, -0.25) is 0 Å². The van der Waals surface area contributed by atoms with Gasteiger partial charge in [-0.25, -0.2) is 9.78 Å². The summed E-state index contributed by atoms with van der Waals surface area (Å²) in [6.45, 7) is 0.566. The first-order valence-corrected chi connectivity index (χ1v) is 10.4. The molecule has 0 aliphatic heterocycles. The predicted octanol–water partition coefficient (Wildman–Crippen LogP) is 4.07. The lowest BCUT2D eigenvalue weighted by molar-refractivity contribution is 0.0636. The van der Waals surface area contributed by atoms with Gasteiger partial charge in [0.1, 0.15) is 18.5 Å². The summed E-state index contributed by atoms with van der Waals surface area (Å²) in [6.07, 6.45) is 1.18. The molecule has 0 aliphatic carbocycles. The van der Waals surface area contributed by atoms with Crippen molar-refractivity contribution in [1.29, 1.82) is 0 Å². The van der Waals surface area contributed by atoms with Crippen molar-refractivity contribution in [3.05, 3.63) is 84.1 Å². The molecule has 1 aromatic heterocycles. The lowest BCUT2D eigenvalue weighted by atomic mass is 10.1. The Hall–Kier alpha value is -3.74. The quantitative estimate of drug-likeness (QED) is 0.518. The summed E-state index contributed by atoms with van der Waals surface area (Å²) in [5.41, 5.74) is 3.10. The maximum atomic E-state index is 12.5. The van der Waals surface area contributed by atoms with E-state index < -0.39 is 12.2 Å². The Kier molecular flexibility index (Phi) is 8.31. The number of nitrogens with zero attached hydrogens (tertiary/aromatic N) is 2. The van der Waals surface area contributed by atoms with Gasteiger partial charge in [0.25, 0.3) is 0 Å². The number of methoxy groups -OCH3 is 1. The van der Waals surface area contributed by atoms with Gasteiger partial charge >= 0.3 is 6.09 Å². The number of carbonyl (C=O) groups is 1. The van der Waals surface area contributed by atoms with Crippen LogP contribution >= 0.6 is 0 Å². The minimum atomic E-state index is -0.496. The number of anilines is 1. The molecule has 3 rings (SSSR count). The molecule has 1 N–H and O–H groups in total. The van der Waals surface area contributed by atoms with E-state index >= 15 is 0 Å². The number of benzene rings is 2. The van der Waals surface area contributed by atoms with Crippen LogP contribution < -0.4 is 19.7 Å². The van der Waals surface area contributed by atoms with Crippen LogP contribution in [0.15, 0.2) is 72.9 Å². The highest BCUT2D eigenvalue weighted by Crippen LogP contribution is 2.15. The second-order valence-corrected chi connectivity index (χ2v) is 7.47. The maximum absolute atomic E-state index is 12.5. The summed E-state index contributed by atoms with van der Waals surface area (Å²) in [7, 11) is 5.60. The van der Waals surface area contributed by atoms with Gasteiger partial charge in [-0.2, -0.15) is 0 Å². The smallest absolute Gasteiger partial charge is 0.407 e. The number of hydrogen-bond acceptors (Lipinski definition) is 6. The molecule has 0 spiro atoms. The van der Waals surface area contributed by atoms with Gasteiger partial charge in [0.15, 0.2) is 0 Å². The standard InChI is InChI=1S/C25H29N3O4/c1-28(2)21-11-7-20(8-12-21)17-27-25(29)32-23(18-31-24-6-4-5-15-26-24)16-19-9-13-22(30-3)14-10-19/h4-15,23H,16-18H2,1-3H3,(H,27,29). The van der Waals surface area contributed by atoms with Crippen molar-refractivity contribution < 1.29 is 19.0 Å². The first-order chi connectivity index (χ1) is 15.5. The van der Waals surface area contributed by atoms with Crippen LogP contribution in [-0.4, -0.2) is 45.0 Å². The number of nitrogens with one attached hydrogen (secondary N) is 1. The van der Waals surface area contributed by atoms with Crippen molar-refractivity contribution >= 4 is 11.8 Å². The van der Waals surface area contributed by atoms with Crippen molar-refractivity contribution in [2.45, 2.75) is 19.1 Å². The largest absolute Gasteiger partial charge is 0.497 e. The predicted molar refractivity (Wildman–Crippen MR) is 124 cm³/mol. The third-order valence-electron chi connectivity index (χ3n) is 4.84. The summed E-state index contributed by atoms with van der Waals surface area (Å²) in [6, 6.07) is 21.1. The molecule has 7 nitrogen and oxygen atoms in total. The van der Waals surface area contributed by atoms with Crippen molar-refractivity contribution in [2.24, 2.45) is 0 Å². The summed E-state index contributed by atoms with van der Waals surface area (Å²) in [5, 5.41) is 2.81. The van der Waals surface area contributed by atoms with Crippen LogP contribution in [0.5, 0.6) is 11.6 Å². The number of alkyl carbamates (subject to hydrolysis) is 1. The minimum Gasteiger partial charge on any atom is -0.497 e. The minimum absolute atomic E-state index is 0.188. The van der Waals surface area contributed by atoms with E-state index in [1.165, 1.54) is 0 Å². The molecule has 1 unspecified atom stereocenters. The Morgan fingerprint density at radius 1 is 1.00 bits per heavy atom. The Bertz CT molecular complexity index is 961. The van der Waals surface area contributed by atoms with E-state index in [-0.39, 0.29) is 6.61 Å². The molecule has 168 valence electrons. The average molecular weight is 436 g/mol. The fourth-order valence-electron chi connectivity index (χ4n) is 3.05. The summed E-state index contributed by atoms with van der Waals surface area (Å²) < 4.78 is 16.6. The summed E-state index contributed by atoms with van der Waals surface area (Å²) >= 11 is 0. The number of hydrogen-bond donors (Lipinski definition) is 1. The normalized spacial score (nSPS) is 11.3. The molecular weight excluding hydrogens is 406 g/mol. The molecule has 0 saturated heterocycles. The number of amides is 1. The van der Waals surface area contributed by atoms with Crippen LogP contribution in [0.3, 0.4) is 0 Å². The van der Waals surface area contributed by atoms with Crippen LogP contribution in [0, 0.1) is 0 Å². The molecule has 0 bridgehead atoms. The van der Waals surface area contributed by atoms with E-state index in [9.17, 15) is 4.79 Å². The number of pyridine rings is 1. The van der Waals surface area contributed by atoms with Gasteiger partial charge in [-0.1, -0.05) is 30.3 Å². The van der Waals surface area contributed by atoms with Gasteiger partial charge in [0, 0.05) is 45.0 Å².